The van der Waals surface area contributed by atoms with E-state index in [2.05, 4.69) is 20.9 Å². The van der Waals surface area contributed by atoms with E-state index >= 15 is 0 Å². The quantitative estimate of drug-likeness (QED) is 0.163. The van der Waals surface area contributed by atoms with Gasteiger partial charge in [-0.1, -0.05) is 93.5 Å². The van der Waals surface area contributed by atoms with Gasteiger partial charge in [-0.2, -0.15) is 13.2 Å². The molecule has 6 rings (SSSR count). The van der Waals surface area contributed by atoms with Gasteiger partial charge in [-0.05, 0) is 65.2 Å². The Morgan fingerprint density at radius 1 is 1.07 bits per heavy atom. The summed E-state index contributed by atoms with van der Waals surface area (Å²) < 4.78 is 56.4. The standard InChI is InChI=1S/C34H23BrClF3N2O4S/c1-2-44-32(43)28-29(20-10-13-24(36)14-11-20)41-31(42)27(46-33(41)40-30(28)34(37,38)39)17-22-16-23(35)12-15-26(22)45-18-21-8-5-7-19-6-3-4-9-25(19)21/h3-17,29H,2,18H2,1H3/b27-17-/t29-/m0/s1. The summed E-state index contributed by atoms with van der Waals surface area (Å²) in [5.74, 6) is -0.761. The number of rotatable bonds is 7. The molecule has 4 aromatic carbocycles. The first-order valence-electron chi connectivity index (χ1n) is 14.0. The summed E-state index contributed by atoms with van der Waals surface area (Å²) in [5.41, 5.74) is -1.12. The molecule has 0 saturated heterocycles. The Bertz CT molecular complexity index is 2190. The summed E-state index contributed by atoms with van der Waals surface area (Å²) >= 11 is 10.3. The lowest BCUT2D eigenvalue weighted by molar-refractivity contribution is -0.140. The molecule has 1 atom stereocenters. The third-order valence-corrected chi connectivity index (χ3v) is 9.03. The minimum Gasteiger partial charge on any atom is -0.488 e. The zero-order valence-corrected chi connectivity index (χ0v) is 27.1. The van der Waals surface area contributed by atoms with Gasteiger partial charge in [0.25, 0.3) is 5.56 Å². The van der Waals surface area contributed by atoms with Gasteiger partial charge < -0.3 is 9.47 Å². The van der Waals surface area contributed by atoms with Crippen molar-refractivity contribution >= 4 is 61.7 Å². The van der Waals surface area contributed by atoms with Crippen LogP contribution in [0.4, 0.5) is 13.2 Å². The lowest BCUT2D eigenvalue weighted by Crippen LogP contribution is -2.41. The number of fused-ring (bicyclic) bond motifs is 2. The SMILES string of the molecule is CCOC(=O)C1=C(C(F)(F)F)N=c2s/c(=C\c3cc(Br)ccc3OCc3cccc4ccccc34)c(=O)n2[C@H]1c1ccc(Cl)cc1. The van der Waals surface area contributed by atoms with Crippen LogP contribution in [0.2, 0.25) is 5.02 Å². The monoisotopic (exact) mass is 726 g/mol. The van der Waals surface area contributed by atoms with Crippen LogP contribution >= 0.6 is 38.9 Å². The second-order valence-corrected chi connectivity index (χ2v) is 12.6. The minimum absolute atomic E-state index is 0.0949. The highest BCUT2D eigenvalue weighted by molar-refractivity contribution is 9.10. The first-order valence-corrected chi connectivity index (χ1v) is 16.0. The summed E-state index contributed by atoms with van der Waals surface area (Å²) in [6, 6.07) is 23.6. The molecule has 2 heterocycles. The first kappa shape index (κ1) is 31.8. The second-order valence-electron chi connectivity index (χ2n) is 10.2. The molecule has 1 aromatic heterocycles. The highest BCUT2D eigenvalue weighted by Gasteiger charge is 2.45. The van der Waals surface area contributed by atoms with Gasteiger partial charge >= 0.3 is 12.1 Å². The molecule has 0 saturated carbocycles. The van der Waals surface area contributed by atoms with Crippen molar-refractivity contribution in [2.24, 2.45) is 4.99 Å². The molecule has 0 N–H and O–H groups in total. The minimum atomic E-state index is -5.01. The van der Waals surface area contributed by atoms with Gasteiger partial charge in [-0.25, -0.2) is 9.79 Å². The fourth-order valence-corrected chi connectivity index (χ4v) is 6.78. The van der Waals surface area contributed by atoms with Crippen LogP contribution in [0.3, 0.4) is 0 Å². The Morgan fingerprint density at radius 3 is 2.54 bits per heavy atom. The zero-order chi connectivity index (χ0) is 32.6. The predicted octanol–water partition coefficient (Wildman–Crippen LogP) is 7.49. The number of nitrogens with zero attached hydrogens (tertiary/aromatic N) is 2. The van der Waals surface area contributed by atoms with Crippen molar-refractivity contribution in [3.63, 3.8) is 0 Å². The van der Waals surface area contributed by atoms with Gasteiger partial charge in [-0.15, -0.1) is 0 Å². The summed E-state index contributed by atoms with van der Waals surface area (Å²) in [6.07, 6.45) is -3.46. The molecule has 0 bridgehead atoms. The van der Waals surface area contributed by atoms with Gasteiger partial charge in [0.05, 0.1) is 22.8 Å². The van der Waals surface area contributed by atoms with E-state index < -0.39 is 35.0 Å². The van der Waals surface area contributed by atoms with Crippen molar-refractivity contribution in [3.8, 4) is 5.75 Å². The van der Waals surface area contributed by atoms with E-state index in [-0.39, 0.29) is 28.1 Å². The molecule has 1 aliphatic rings. The van der Waals surface area contributed by atoms with Gasteiger partial charge in [0, 0.05) is 15.1 Å². The van der Waals surface area contributed by atoms with Crippen molar-refractivity contribution < 1.29 is 27.4 Å². The van der Waals surface area contributed by atoms with Crippen LogP contribution < -0.4 is 19.6 Å². The number of allylic oxidation sites excluding steroid dienone is 1. The first-order chi connectivity index (χ1) is 22.0. The van der Waals surface area contributed by atoms with Gasteiger partial charge in [0.15, 0.2) is 10.5 Å². The van der Waals surface area contributed by atoms with Crippen LogP contribution in [-0.2, 0) is 16.1 Å². The molecule has 0 fully saturated rings. The number of carbonyl (C=O) groups is 1. The van der Waals surface area contributed by atoms with E-state index in [1.165, 1.54) is 31.2 Å². The van der Waals surface area contributed by atoms with Crippen LogP contribution in [0.1, 0.15) is 29.7 Å². The van der Waals surface area contributed by atoms with Crippen LogP contribution in [0, 0.1) is 0 Å². The van der Waals surface area contributed by atoms with Crippen molar-refractivity contribution in [3.05, 3.63) is 142 Å². The molecule has 6 nitrogen and oxygen atoms in total. The Kier molecular flexibility index (Phi) is 8.91. The van der Waals surface area contributed by atoms with Crippen molar-refractivity contribution in [1.29, 1.82) is 0 Å². The topological polar surface area (TPSA) is 69.9 Å². The van der Waals surface area contributed by atoms with Crippen LogP contribution in [0.5, 0.6) is 5.75 Å². The van der Waals surface area contributed by atoms with E-state index in [0.717, 1.165) is 32.2 Å². The summed E-state index contributed by atoms with van der Waals surface area (Å²) in [6.45, 7) is 1.55. The smallest absolute Gasteiger partial charge is 0.434 e. The molecule has 12 heteroatoms. The molecule has 0 unspecified atom stereocenters. The Morgan fingerprint density at radius 2 is 1.80 bits per heavy atom. The zero-order valence-electron chi connectivity index (χ0n) is 24.0. The number of hydrogen-bond acceptors (Lipinski definition) is 6. The lowest BCUT2D eigenvalue weighted by Gasteiger charge is -2.26. The van der Waals surface area contributed by atoms with E-state index in [4.69, 9.17) is 21.1 Å². The molecule has 0 spiro atoms. The van der Waals surface area contributed by atoms with Crippen molar-refractivity contribution in [2.45, 2.75) is 25.7 Å². The van der Waals surface area contributed by atoms with Gasteiger partial charge in [0.2, 0.25) is 0 Å². The highest BCUT2D eigenvalue weighted by Crippen LogP contribution is 2.38. The Hall–Kier alpha value is -4.19. The number of ether oxygens (including phenoxy) is 2. The maximum absolute atomic E-state index is 14.4. The largest absolute Gasteiger partial charge is 0.488 e. The van der Waals surface area contributed by atoms with E-state index in [0.29, 0.717) is 20.8 Å². The number of thiazole rings is 1. The van der Waals surface area contributed by atoms with E-state index in [9.17, 15) is 22.8 Å². The van der Waals surface area contributed by atoms with E-state index in [1.54, 1.807) is 24.3 Å². The normalized spacial score (nSPS) is 15.1. The highest BCUT2D eigenvalue weighted by atomic mass is 79.9. The van der Waals surface area contributed by atoms with E-state index in [1.807, 2.05) is 42.5 Å². The molecule has 0 aliphatic carbocycles. The van der Waals surface area contributed by atoms with Crippen LogP contribution in [0.15, 0.2) is 110 Å². The average molecular weight is 728 g/mol. The fraction of sp³-hybridized carbons (Fsp3) is 0.147. The number of esters is 1. The summed E-state index contributed by atoms with van der Waals surface area (Å²) in [4.78, 5) is 30.7. The van der Waals surface area contributed by atoms with Gasteiger partial charge in [-0.3, -0.25) is 9.36 Å². The number of aromatic nitrogens is 1. The fourth-order valence-electron chi connectivity index (χ4n) is 5.28. The maximum Gasteiger partial charge on any atom is 0.434 e. The third-order valence-electron chi connectivity index (χ3n) is 7.30. The van der Waals surface area contributed by atoms with Crippen LogP contribution in [0.25, 0.3) is 16.8 Å². The lowest BCUT2D eigenvalue weighted by atomic mass is 9.95. The molecule has 1 aliphatic heterocycles. The maximum atomic E-state index is 14.4. The second kappa shape index (κ2) is 12.9. The molecular formula is C34H23BrClF3N2O4S. The Balaban J connectivity index is 1.49. The van der Waals surface area contributed by atoms with Crippen molar-refractivity contribution in [2.75, 3.05) is 6.61 Å². The molecule has 0 radical (unpaired) electrons. The number of halogens is 5. The van der Waals surface area contributed by atoms with Crippen LogP contribution in [-0.4, -0.2) is 23.3 Å². The molecule has 0 amide bonds. The third kappa shape index (κ3) is 6.27. The number of carbonyl (C=O) groups excluding carboxylic acids is 1. The number of alkyl halides is 3. The van der Waals surface area contributed by atoms with Gasteiger partial charge in [0.1, 0.15) is 12.4 Å². The number of benzene rings is 4. The van der Waals surface area contributed by atoms with Crippen molar-refractivity contribution in [1.82, 2.24) is 4.57 Å². The predicted molar refractivity (Wildman–Crippen MR) is 175 cm³/mol. The molecular weight excluding hydrogens is 705 g/mol. The average Bonchev–Trinajstić information content (AvgIpc) is 3.34. The molecule has 5 aromatic rings. The summed E-state index contributed by atoms with van der Waals surface area (Å²) in [7, 11) is 0. The summed E-state index contributed by atoms with van der Waals surface area (Å²) in [5, 5.41) is 2.44. The molecule has 234 valence electrons. The number of hydrogen-bond donors (Lipinski definition) is 0. The molecule has 46 heavy (non-hydrogen) atoms. The Labute approximate surface area is 277 Å².